The van der Waals surface area contributed by atoms with E-state index in [1.165, 1.54) is 89.0 Å². The first-order chi connectivity index (χ1) is 35.1. The fraction of sp³-hybridized carbons (Fsp3) is 0.333. The minimum absolute atomic E-state index is 0.201. The van der Waals surface area contributed by atoms with Crippen LogP contribution in [0.5, 0.6) is 0 Å². The predicted octanol–water partition coefficient (Wildman–Crippen LogP) is 17.3. The van der Waals surface area contributed by atoms with Crippen molar-refractivity contribution in [1.29, 1.82) is 0 Å². The molecular formula is C66H72N6O. The molecule has 2 atom stereocenters. The Kier molecular flexibility index (Phi) is 13.5. The van der Waals surface area contributed by atoms with Gasteiger partial charge in [0, 0.05) is 83.1 Å². The van der Waals surface area contributed by atoms with Crippen LogP contribution in [0.15, 0.2) is 97.6 Å². The van der Waals surface area contributed by atoms with E-state index in [0.29, 0.717) is 13.2 Å². The van der Waals surface area contributed by atoms with Gasteiger partial charge in [0.1, 0.15) is 11.0 Å². The van der Waals surface area contributed by atoms with Crippen molar-refractivity contribution < 1.29 is 4.74 Å². The normalized spacial score (nSPS) is 12.8. The Morgan fingerprint density at radius 3 is 1.04 bits per heavy atom. The average Bonchev–Trinajstić information content (AvgIpc) is 3.97. The lowest BCUT2D eigenvalue weighted by Crippen LogP contribution is -2.14. The first-order valence-electron chi connectivity index (χ1n) is 26.6. The number of benzene rings is 4. The molecule has 0 aliphatic rings. The van der Waals surface area contributed by atoms with E-state index in [1.54, 1.807) is 0 Å². The number of hydrogen-bond acceptors (Lipinski definition) is 5. The SMILES string of the molecule is CCC(CCOCCC(CC)n1ccc2c(-c3c(C)cc(C)cc3C)nc3c(-c4c(C)cc(C)cc4C)ccnc3c21)n1ccc2c(-c3c(C)cc(C)cc3C)nc3c(-c4c(C)cc(C)cc4C)ccnc3c21. The molecule has 6 aromatic heterocycles. The van der Waals surface area contributed by atoms with Gasteiger partial charge in [-0.15, -0.1) is 0 Å². The molecule has 0 amide bonds. The fourth-order valence-corrected chi connectivity index (χ4v) is 12.9. The number of aromatic nitrogens is 6. The molecule has 0 saturated heterocycles. The Morgan fingerprint density at radius 2 is 0.726 bits per heavy atom. The van der Waals surface area contributed by atoms with Gasteiger partial charge in [0.25, 0.3) is 0 Å². The van der Waals surface area contributed by atoms with Gasteiger partial charge in [-0.3, -0.25) is 9.97 Å². The molecule has 10 rings (SSSR count). The first kappa shape index (κ1) is 49.6. The van der Waals surface area contributed by atoms with E-state index in [2.05, 4.69) is 191 Å². The number of nitrogens with zero attached hydrogens (tertiary/aromatic N) is 6. The van der Waals surface area contributed by atoms with Crippen LogP contribution in [0.25, 0.3) is 88.6 Å². The highest BCUT2D eigenvalue weighted by Crippen LogP contribution is 2.44. The van der Waals surface area contributed by atoms with Crippen LogP contribution in [-0.2, 0) is 4.74 Å². The minimum Gasteiger partial charge on any atom is -0.381 e. The number of rotatable bonds is 14. The number of hydrogen-bond donors (Lipinski definition) is 0. The van der Waals surface area contributed by atoms with E-state index in [9.17, 15) is 0 Å². The van der Waals surface area contributed by atoms with Gasteiger partial charge in [0.05, 0.1) is 33.5 Å². The molecule has 6 heterocycles. The maximum atomic E-state index is 6.71. The molecule has 372 valence electrons. The van der Waals surface area contributed by atoms with Gasteiger partial charge in [-0.05, 0) is 189 Å². The Hall–Kier alpha value is -6.96. The average molecular weight is 965 g/mol. The van der Waals surface area contributed by atoms with Crippen LogP contribution in [0.4, 0.5) is 0 Å². The third-order valence-corrected chi connectivity index (χ3v) is 15.7. The smallest absolute Gasteiger partial charge is 0.114 e. The zero-order chi connectivity index (χ0) is 51.6. The van der Waals surface area contributed by atoms with Crippen molar-refractivity contribution >= 4 is 43.9 Å². The maximum Gasteiger partial charge on any atom is 0.114 e. The number of ether oxygens (including phenoxy) is 1. The molecule has 0 spiro atoms. The predicted molar refractivity (Wildman–Crippen MR) is 307 cm³/mol. The number of pyridine rings is 4. The zero-order valence-electron chi connectivity index (χ0n) is 45.7. The van der Waals surface area contributed by atoms with E-state index in [0.717, 1.165) is 92.1 Å². The van der Waals surface area contributed by atoms with Crippen molar-refractivity contribution in [2.45, 2.75) is 135 Å². The Morgan fingerprint density at radius 1 is 0.411 bits per heavy atom. The largest absolute Gasteiger partial charge is 0.381 e. The molecular weight excluding hydrogens is 893 g/mol. The molecule has 0 aliphatic heterocycles. The molecule has 0 radical (unpaired) electrons. The summed E-state index contributed by atoms with van der Waals surface area (Å²) in [5.74, 6) is 0. The minimum atomic E-state index is 0.201. The van der Waals surface area contributed by atoms with Crippen molar-refractivity contribution in [2.75, 3.05) is 13.2 Å². The molecule has 4 aromatic carbocycles. The lowest BCUT2D eigenvalue weighted by molar-refractivity contribution is 0.109. The highest BCUT2D eigenvalue weighted by atomic mass is 16.5. The van der Waals surface area contributed by atoms with Gasteiger partial charge in [0.2, 0.25) is 0 Å². The van der Waals surface area contributed by atoms with Crippen LogP contribution in [0, 0.1) is 83.1 Å². The summed E-state index contributed by atoms with van der Waals surface area (Å²) in [5, 5.41) is 2.27. The molecule has 73 heavy (non-hydrogen) atoms. The van der Waals surface area contributed by atoms with Gasteiger partial charge >= 0.3 is 0 Å². The molecule has 0 N–H and O–H groups in total. The van der Waals surface area contributed by atoms with Crippen LogP contribution >= 0.6 is 0 Å². The Balaban J connectivity index is 0.988. The second-order valence-electron chi connectivity index (χ2n) is 21.4. The summed E-state index contributed by atoms with van der Waals surface area (Å²) in [4.78, 5) is 21.6. The molecule has 0 aliphatic carbocycles. The van der Waals surface area contributed by atoms with Crippen molar-refractivity contribution in [3.8, 4) is 44.8 Å². The summed E-state index contributed by atoms with van der Waals surface area (Å²) in [6, 6.07) is 27.5. The van der Waals surface area contributed by atoms with Crippen LogP contribution in [0.2, 0.25) is 0 Å². The molecule has 10 aromatic rings. The summed E-state index contributed by atoms with van der Waals surface area (Å²) in [6.07, 6.45) is 12.2. The summed E-state index contributed by atoms with van der Waals surface area (Å²) < 4.78 is 11.7. The number of aryl methyl sites for hydroxylation is 12. The third kappa shape index (κ3) is 8.84. The van der Waals surface area contributed by atoms with Gasteiger partial charge in [0.15, 0.2) is 0 Å². The molecule has 7 heteroatoms. The van der Waals surface area contributed by atoms with Crippen molar-refractivity contribution in [1.82, 2.24) is 29.1 Å². The van der Waals surface area contributed by atoms with E-state index < -0.39 is 0 Å². The maximum absolute atomic E-state index is 6.71. The second-order valence-corrected chi connectivity index (χ2v) is 21.4. The van der Waals surface area contributed by atoms with Crippen LogP contribution in [0.3, 0.4) is 0 Å². The van der Waals surface area contributed by atoms with E-state index >= 15 is 0 Å². The van der Waals surface area contributed by atoms with Crippen molar-refractivity contribution in [3.05, 3.63) is 164 Å². The molecule has 0 fully saturated rings. The van der Waals surface area contributed by atoms with Gasteiger partial charge in [-0.2, -0.15) is 0 Å². The number of fused-ring (bicyclic) bond motifs is 6. The third-order valence-electron chi connectivity index (χ3n) is 15.7. The molecule has 2 unspecified atom stereocenters. The standard InChI is InChI=1S/C66H72N6O/c1-15-49(71-25-19-53-59(57-45(11)33-39(5)34-46(57)12)69-61-51(17-23-67-63(61)65(53)71)55-41(7)29-37(3)30-42(55)8)21-27-73-28-22-50(16-2)72-26-20-54-60(58-47(13)35-40(6)36-48(58)14)70-62-52(18-24-68-64(62)66(54)72)56-43(9)31-38(4)32-44(56)10/h17-20,23-26,29-36,49-50H,15-16,21-22,27-28H2,1-14H3. The van der Waals surface area contributed by atoms with Gasteiger partial charge in [-0.25, -0.2) is 9.97 Å². The monoisotopic (exact) mass is 965 g/mol. The highest BCUT2D eigenvalue weighted by molar-refractivity contribution is 6.13. The van der Waals surface area contributed by atoms with E-state index in [4.69, 9.17) is 24.7 Å². The Labute approximate surface area is 432 Å². The second kappa shape index (κ2) is 19.8. The molecule has 0 bridgehead atoms. The van der Waals surface area contributed by atoms with E-state index in [-0.39, 0.29) is 12.1 Å². The zero-order valence-corrected chi connectivity index (χ0v) is 45.7. The van der Waals surface area contributed by atoms with Crippen LogP contribution in [0.1, 0.15) is 118 Å². The van der Waals surface area contributed by atoms with Crippen LogP contribution in [-0.4, -0.2) is 42.3 Å². The lowest BCUT2D eigenvalue weighted by Gasteiger charge is -2.22. The summed E-state index contributed by atoms with van der Waals surface area (Å²) in [7, 11) is 0. The Bertz CT molecular complexity index is 3450. The summed E-state index contributed by atoms with van der Waals surface area (Å²) in [6.45, 7) is 32.4. The van der Waals surface area contributed by atoms with Crippen molar-refractivity contribution in [2.24, 2.45) is 0 Å². The summed E-state index contributed by atoms with van der Waals surface area (Å²) in [5.41, 5.74) is 30.2. The molecule has 0 saturated carbocycles. The van der Waals surface area contributed by atoms with Crippen LogP contribution < -0.4 is 0 Å². The topological polar surface area (TPSA) is 70.7 Å². The highest BCUT2D eigenvalue weighted by Gasteiger charge is 2.26. The molecule has 7 nitrogen and oxygen atoms in total. The summed E-state index contributed by atoms with van der Waals surface area (Å²) >= 11 is 0. The fourth-order valence-electron chi connectivity index (χ4n) is 12.9. The van der Waals surface area contributed by atoms with Crippen molar-refractivity contribution in [3.63, 3.8) is 0 Å². The first-order valence-corrected chi connectivity index (χ1v) is 26.6. The lowest BCUT2D eigenvalue weighted by atomic mass is 9.92. The quantitative estimate of drug-likeness (QED) is 0.102. The van der Waals surface area contributed by atoms with E-state index in [1.807, 2.05) is 12.4 Å². The van der Waals surface area contributed by atoms with Gasteiger partial charge < -0.3 is 13.9 Å². The van der Waals surface area contributed by atoms with Gasteiger partial charge in [-0.1, -0.05) is 84.6 Å².